The number of ether oxygens (including phenoxy) is 1. The molecule has 0 aromatic heterocycles. The Morgan fingerprint density at radius 2 is 1.86 bits per heavy atom. The average molecular weight is 298 g/mol. The van der Waals surface area contributed by atoms with Crippen LogP contribution in [0.15, 0.2) is 4.99 Å². The van der Waals surface area contributed by atoms with Crippen LogP contribution in [-0.2, 0) is 4.74 Å². The van der Waals surface area contributed by atoms with Gasteiger partial charge in [-0.05, 0) is 46.2 Å². The molecule has 0 spiro atoms. The number of nitrogens with one attached hydrogen (secondary N) is 2. The van der Waals surface area contributed by atoms with E-state index in [1.807, 2.05) is 6.92 Å². The molecule has 1 heterocycles. The predicted octanol–water partition coefficient (Wildman–Crippen LogP) is 1.84. The molecule has 5 nitrogen and oxygen atoms in total. The van der Waals surface area contributed by atoms with E-state index in [9.17, 15) is 0 Å². The zero-order valence-corrected chi connectivity index (χ0v) is 14.0. The molecular formula is C16H34N4O. The summed E-state index contributed by atoms with van der Waals surface area (Å²) in [4.78, 5) is 7.15. The molecule has 124 valence electrons. The quantitative estimate of drug-likeness (QED) is 0.387. The maximum Gasteiger partial charge on any atom is 0.191 e. The van der Waals surface area contributed by atoms with Gasteiger partial charge < -0.3 is 20.3 Å². The van der Waals surface area contributed by atoms with Crippen molar-refractivity contribution >= 4 is 5.96 Å². The Bertz CT molecular complexity index is 263. The van der Waals surface area contributed by atoms with Crippen molar-refractivity contribution in [3.8, 4) is 0 Å². The minimum Gasteiger partial charge on any atom is -0.382 e. The van der Waals surface area contributed by atoms with Crippen molar-refractivity contribution in [2.24, 2.45) is 4.99 Å². The lowest BCUT2D eigenvalue weighted by molar-refractivity contribution is 0.146. The van der Waals surface area contributed by atoms with Crippen LogP contribution in [-0.4, -0.2) is 63.3 Å². The van der Waals surface area contributed by atoms with Crippen molar-refractivity contribution in [2.75, 3.05) is 52.5 Å². The Kier molecular flexibility index (Phi) is 11.2. The highest BCUT2D eigenvalue weighted by Gasteiger charge is 2.08. The minimum atomic E-state index is 0.790. The fraction of sp³-hybridized carbons (Fsp3) is 0.938. The van der Waals surface area contributed by atoms with Crippen LogP contribution in [0.1, 0.15) is 46.0 Å². The second-order valence-electron chi connectivity index (χ2n) is 5.49. The van der Waals surface area contributed by atoms with Gasteiger partial charge in [0, 0.05) is 39.4 Å². The van der Waals surface area contributed by atoms with Crippen molar-refractivity contribution in [1.29, 1.82) is 0 Å². The molecule has 21 heavy (non-hydrogen) atoms. The third-order valence-electron chi connectivity index (χ3n) is 3.68. The van der Waals surface area contributed by atoms with Crippen molar-refractivity contribution in [2.45, 2.75) is 46.0 Å². The summed E-state index contributed by atoms with van der Waals surface area (Å²) >= 11 is 0. The summed E-state index contributed by atoms with van der Waals surface area (Å²) in [6.07, 6.45) is 6.48. The lowest BCUT2D eigenvalue weighted by Gasteiger charge is -2.20. The molecule has 1 saturated heterocycles. The molecule has 2 N–H and O–H groups in total. The number of rotatable bonds is 9. The molecule has 0 bridgehead atoms. The zero-order chi connectivity index (χ0) is 15.2. The molecule has 0 unspecified atom stereocenters. The highest BCUT2D eigenvalue weighted by molar-refractivity contribution is 5.79. The van der Waals surface area contributed by atoms with E-state index >= 15 is 0 Å². The van der Waals surface area contributed by atoms with Crippen molar-refractivity contribution < 1.29 is 4.74 Å². The van der Waals surface area contributed by atoms with Crippen molar-refractivity contribution in [3.05, 3.63) is 0 Å². The van der Waals surface area contributed by atoms with E-state index in [1.165, 1.54) is 38.8 Å². The molecule has 0 aromatic rings. The summed E-state index contributed by atoms with van der Waals surface area (Å²) in [6.45, 7) is 12.0. The summed E-state index contributed by atoms with van der Waals surface area (Å²) in [7, 11) is 0. The first-order valence-electron chi connectivity index (χ1n) is 8.69. The summed E-state index contributed by atoms with van der Waals surface area (Å²) in [6, 6.07) is 0. The van der Waals surface area contributed by atoms with E-state index in [0.717, 1.165) is 51.8 Å². The molecule has 1 aliphatic heterocycles. The van der Waals surface area contributed by atoms with Gasteiger partial charge in [0.25, 0.3) is 0 Å². The topological polar surface area (TPSA) is 48.9 Å². The van der Waals surface area contributed by atoms with E-state index < -0.39 is 0 Å². The fourth-order valence-corrected chi connectivity index (χ4v) is 2.54. The van der Waals surface area contributed by atoms with E-state index in [-0.39, 0.29) is 0 Å². The summed E-state index contributed by atoms with van der Waals surface area (Å²) in [5.41, 5.74) is 0. The molecule has 0 aromatic carbocycles. The highest BCUT2D eigenvalue weighted by atomic mass is 16.5. The smallest absolute Gasteiger partial charge is 0.191 e. The Morgan fingerprint density at radius 3 is 2.52 bits per heavy atom. The first-order chi connectivity index (χ1) is 10.4. The summed E-state index contributed by atoms with van der Waals surface area (Å²) in [5, 5.41) is 6.74. The fourth-order valence-electron chi connectivity index (χ4n) is 2.54. The van der Waals surface area contributed by atoms with E-state index in [4.69, 9.17) is 4.74 Å². The lowest BCUT2D eigenvalue weighted by atomic mass is 10.2. The molecular weight excluding hydrogens is 264 g/mol. The Morgan fingerprint density at radius 1 is 1.10 bits per heavy atom. The molecule has 0 atom stereocenters. The summed E-state index contributed by atoms with van der Waals surface area (Å²) < 4.78 is 5.33. The average Bonchev–Trinajstić information content (AvgIpc) is 2.76. The number of hydrogen-bond acceptors (Lipinski definition) is 3. The number of nitrogens with zero attached hydrogens (tertiary/aromatic N) is 2. The molecule has 0 saturated carbocycles. The van der Waals surface area contributed by atoms with Gasteiger partial charge in [-0.2, -0.15) is 0 Å². The lowest BCUT2D eigenvalue weighted by Crippen LogP contribution is -2.42. The van der Waals surface area contributed by atoms with Gasteiger partial charge in [0.05, 0.1) is 0 Å². The number of hydrogen-bond donors (Lipinski definition) is 2. The van der Waals surface area contributed by atoms with Gasteiger partial charge in [0.15, 0.2) is 5.96 Å². The SMILES string of the molecule is CCNC(=NCCCOCC)NCCN1CCCCCC1. The third kappa shape index (κ3) is 9.69. The van der Waals surface area contributed by atoms with Gasteiger partial charge >= 0.3 is 0 Å². The molecule has 0 amide bonds. The number of likely N-dealkylation sites (tertiary alicyclic amines) is 1. The molecule has 5 heteroatoms. The van der Waals surface area contributed by atoms with Gasteiger partial charge in [-0.15, -0.1) is 0 Å². The van der Waals surface area contributed by atoms with Crippen LogP contribution in [0.2, 0.25) is 0 Å². The first kappa shape index (κ1) is 18.2. The van der Waals surface area contributed by atoms with Crippen LogP contribution in [0.5, 0.6) is 0 Å². The Hall–Kier alpha value is -0.810. The molecule has 1 rings (SSSR count). The van der Waals surface area contributed by atoms with Gasteiger partial charge in [0.1, 0.15) is 0 Å². The first-order valence-corrected chi connectivity index (χ1v) is 8.69. The van der Waals surface area contributed by atoms with Crippen molar-refractivity contribution in [1.82, 2.24) is 15.5 Å². The maximum absolute atomic E-state index is 5.33. The van der Waals surface area contributed by atoms with Gasteiger partial charge in [-0.3, -0.25) is 4.99 Å². The van der Waals surface area contributed by atoms with Gasteiger partial charge in [-0.1, -0.05) is 12.8 Å². The monoisotopic (exact) mass is 298 g/mol. The van der Waals surface area contributed by atoms with Crippen molar-refractivity contribution in [3.63, 3.8) is 0 Å². The van der Waals surface area contributed by atoms with Crippen LogP contribution in [0.3, 0.4) is 0 Å². The number of aliphatic imine (C=N–C) groups is 1. The second-order valence-corrected chi connectivity index (χ2v) is 5.49. The van der Waals surface area contributed by atoms with Crippen LogP contribution in [0, 0.1) is 0 Å². The van der Waals surface area contributed by atoms with Crippen LogP contribution in [0.25, 0.3) is 0 Å². The zero-order valence-electron chi connectivity index (χ0n) is 14.0. The Labute approximate surface area is 130 Å². The standard InChI is InChI=1S/C16H34N4O/c1-3-17-16(18-10-9-15-21-4-2)19-11-14-20-12-7-5-6-8-13-20/h3-15H2,1-2H3,(H2,17,18,19). The molecule has 0 radical (unpaired) electrons. The van der Waals surface area contributed by atoms with Crippen LogP contribution < -0.4 is 10.6 Å². The van der Waals surface area contributed by atoms with E-state index in [0.29, 0.717) is 0 Å². The van der Waals surface area contributed by atoms with Gasteiger partial charge in [0.2, 0.25) is 0 Å². The predicted molar refractivity (Wildman–Crippen MR) is 90.0 cm³/mol. The van der Waals surface area contributed by atoms with Gasteiger partial charge in [-0.25, -0.2) is 0 Å². The van der Waals surface area contributed by atoms with E-state index in [1.54, 1.807) is 0 Å². The maximum atomic E-state index is 5.33. The third-order valence-corrected chi connectivity index (χ3v) is 3.68. The molecule has 0 aliphatic carbocycles. The van der Waals surface area contributed by atoms with E-state index in [2.05, 4.69) is 27.4 Å². The minimum absolute atomic E-state index is 0.790. The Balaban J connectivity index is 2.18. The number of guanidine groups is 1. The molecule has 1 fully saturated rings. The van der Waals surface area contributed by atoms with Crippen LogP contribution >= 0.6 is 0 Å². The molecule has 1 aliphatic rings. The highest BCUT2D eigenvalue weighted by Crippen LogP contribution is 2.08. The van der Waals surface area contributed by atoms with Crippen LogP contribution in [0.4, 0.5) is 0 Å². The largest absolute Gasteiger partial charge is 0.382 e. The normalized spacial score (nSPS) is 17.5. The second kappa shape index (κ2) is 12.9. The summed E-state index contributed by atoms with van der Waals surface area (Å²) in [5.74, 6) is 0.934.